The first-order chi connectivity index (χ1) is 10.5. The predicted octanol–water partition coefficient (Wildman–Crippen LogP) is 4.51. The van der Waals surface area contributed by atoms with Crippen molar-refractivity contribution >= 4 is 55.0 Å². The van der Waals surface area contributed by atoms with Crippen molar-refractivity contribution in [3.63, 3.8) is 0 Å². The van der Waals surface area contributed by atoms with Crippen LogP contribution in [0.2, 0.25) is 0 Å². The Kier molecular flexibility index (Phi) is 3.84. The molecule has 0 saturated carbocycles. The summed E-state index contributed by atoms with van der Waals surface area (Å²) in [6.07, 6.45) is 1.49. The summed E-state index contributed by atoms with van der Waals surface area (Å²) in [5.41, 5.74) is 1.79. The number of aryl methyl sites for hydroxylation is 2. The molecule has 0 aliphatic rings. The van der Waals surface area contributed by atoms with Gasteiger partial charge in [-0.25, -0.2) is 14.8 Å². The van der Waals surface area contributed by atoms with Crippen LogP contribution in [0, 0.1) is 13.8 Å². The Labute approximate surface area is 139 Å². The van der Waals surface area contributed by atoms with E-state index in [9.17, 15) is 9.90 Å². The van der Waals surface area contributed by atoms with E-state index in [4.69, 9.17) is 0 Å². The van der Waals surface area contributed by atoms with Crippen LogP contribution in [0.5, 0.6) is 0 Å². The molecule has 0 amide bonds. The minimum atomic E-state index is -0.993. The second kappa shape index (κ2) is 5.66. The van der Waals surface area contributed by atoms with Crippen LogP contribution in [-0.2, 0) is 0 Å². The van der Waals surface area contributed by atoms with Gasteiger partial charge in [-0.15, -0.1) is 11.3 Å². The normalized spacial score (nSPS) is 10.9. The van der Waals surface area contributed by atoms with Crippen LogP contribution in [0.25, 0.3) is 10.2 Å². The van der Waals surface area contributed by atoms with Crippen molar-refractivity contribution in [2.45, 2.75) is 13.8 Å². The van der Waals surface area contributed by atoms with E-state index in [1.807, 2.05) is 13.8 Å². The zero-order valence-corrected chi connectivity index (χ0v) is 14.2. The predicted molar refractivity (Wildman–Crippen MR) is 91.3 cm³/mol. The summed E-state index contributed by atoms with van der Waals surface area (Å²) in [4.78, 5) is 22.0. The van der Waals surface area contributed by atoms with Gasteiger partial charge in [-0.3, -0.25) is 0 Å². The Balaban J connectivity index is 2.13. The van der Waals surface area contributed by atoms with Crippen LogP contribution in [0.3, 0.4) is 0 Å². The highest BCUT2D eigenvalue weighted by Gasteiger charge is 2.15. The van der Waals surface area contributed by atoms with Crippen molar-refractivity contribution in [2.24, 2.45) is 0 Å². The lowest BCUT2D eigenvalue weighted by Gasteiger charge is -2.10. The number of fused-ring (bicyclic) bond motifs is 1. The second-order valence-electron chi connectivity index (χ2n) is 4.81. The van der Waals surface area contributed by atoms with Crippen molar-refractivity contribution < 1.29 is 9.90 Å². The molecule has 0 unspecified atom stereocenters. The molecule has 22 heavy (non-hydrogen) atoms. The van der Waals surface area contributed by atoms with Crippen LogP contribution in [0.1, 0.15) is 20.8 Å². The monoisotopic (exact) mass is 377 g/mol. The third kappa shape index (κ3) is 2.57. The van der Waals surface area contributed by atoms with Crippen LogP contribution in [0.4, 0.5) is 11.5 Å². The summed E-state index contributed by atoms with van der Waals surface area (Å²) in [6, 6.07) is 5.07. The van der Waals surface area contributed by atoms with E-state index >= 15 is 0 Å². The quantitative estimate of drug-likeness (QED) is 0.701. The fraction of sp³-hybridized carbons (Fsp3) is 0.133. The molecule has 0 spiro atoms. The molecule has 2 aromatic heterocycles. The van der Waals surface area contributed by atoms with Gasteiger partial charge < -0.3 is 10.4 Å². The molecule has 0 radical (unpaired) electrons. The molecule has 3 aromatic rings. The van der Waals surface area contributed by atoms with E-state index in [1.54, 1.807) is 29.5 Å². The largest absolute Gasteiger partial charge is 0.478 e. The highest BCUT2D eigenvalue weighted by Crippen LogP contribution is 2.34. The summed E-state index contributed by atoms with van der Waals surface area (Å²) in [5, 5.41) is 13.4. The number of hydrogen-bond donors (Lipinski definition) is 2. The van der Waals surface area contributed by atoms with E-state index < -0.39 is 5.97 Å². The van der Waals surface area contributed by atoms with Gasteiger partial charge in [0.2, 0.25) is 0 Å². The van der Waals surface area contributed by atoms with Gasteiger partial charge in [0.1, 0.15) is 17.0 Å². The Morgan fingerprint density at radius 2 is 2.09 bits per heavy atom. The number of aromatic nitrogens is 2. The minimum Gasteiger partial charge on any atom is -0.478 e. The van der Waals surface area contributed by atoms with Gasteiger partial charge in [-0.1, -0.05) is 15.9 Å². The first kappa shape index (κ1) is 14.9. The number of hydrogen-bond acceptors (Lipinski definition) is 5. The SMILES string of the molecule is Cc1sc2ncnc(Nc3ccc(Br)cc3C(=O)O)c2c1C. The van der Waals surface area contributed by atoms with Crippen molar-refractivity contribution in [1.29, 1.82) is 0 Å². The average molecular weight is 378 g/mol. The Bertz CT molecular complexity index is 892. The number of carboxylic acid groups (broad SMARTS) is 1. The van der Waals surface area contributed by atoms with Crippen LogP contribution in [-0.4, -0.2) is 21.0 Å². The van der Waals surface area contributed by atoms with Crippen molar-refractivity contribution in [3.05, 3.63) is 45.0 Å². The number of aromatic carboxylic acids is 1. The molecule has 112 valence electrons. The summed E-state index contributed by atoms with van der Waals surface area (Å²) < 4.78 is 0.714. The molecule has 5 nitrogen and oxygen atoms in total. The summed E-state index contributed by atoms with van der Waals surface area (Å²) in [7, 11) is 0. The standard InChI is InChI=1S/C15H12BrN3O2S/c1-7-8(2)22-14-12(7)13(17-6-18-14)19-11-4-3-9(16)5-10(11)15(20)21/h3-6H,1-2H3,(H,20,21)(H,17,18,19). The van der Waals surface area contributed by atoms with Crippen molar-refractivity contribution in [1.82, 2.24) is 9.97 Å². The third-order valence-electron chi connectivity index (χ3n) is 3.43. The molecular weight excluding hydrogens is 366 g/mol. The summed E-state index contributed by atoms with van der Waals surface area (Å²) in [6.45, 7) is 4.05. The number of carbonyl (C=O) groups is 1. The summed E-state index contributed by atoms with van der Waals surface area (Å²) in [5.74, 6) is -0.371. The summed E-state index contributed by atoms with van der Waals surface area (Å²) >= 11 is 4.89. The van der Waals surface area contributed by atoms with Gasteiger partial charge in [0.05, 0.1) is 16.6 Å². The van der Waals surface area contributed by atoms with Crippen LogP contribution >= 0.6 is 27.3 Å². The molecule has 3 rings (SSSR count). The van der Waals surface area contributed by atoms with E-state index in [1.165, 1.54) is 11.2 Å². The van der Waals surface area contributed by atoms with Gasteiger partial charge in [0.25, 0.3) is 0 Å². The number of nitrogens with one attached hydrogen (secondary N) is 1. The molecule has 0 aliphatic carbocycles. The number of nitrogens with zero attached hydrogens (tertiary/aromatic N) is 2. The average Bonchev–Trinajstić information content (AvgIpc) is 2.77. The molecule has 2 N–H and O–H groups in total. The van der Waals surface area contributed by atoms with Crippen LogP contribution < -0.4 is 5.32 Å². The van der Waals surface area contributed by atoms with E-state index in [0.29, 0.717) is 16.0 Å². The lowest BCUT2D eigenvalue weighted by atomic mass is 10.1. The zero-order chi connectivity index (χ0) is 15.9. The minimum absolute atomic E-state index is 0.186. The Morgan fingerprint density at radius 1 is 1.32 bits per heavy atom. The topological polar surface area (TPSA) is 75.1 Å². The van der Waals surface area contributed by atoms with Crippen molar-refractivity contribution in [2.75, 3.05) is 5.32 Å². The Hall–Kier alpha value is -1.99. The maximum absolute atomic E-state index is 11.4. The van der Waals surface area contributed by atoms with Crippen molar-refractivity contribution in [3.8, 4) is 0 Å². The fourth-order valence-corrected chi connectivity index (χ4v) is 3.57. The lowest BCUT2D eigenvalue weighted by molar-refractivity contribution is 0.0698. The van der Waals surface area contributed by atoms with E-state index in [-0.39, 0.29) is 5.56 Å². The molecular formula is C15H12BrN3O2S. The first-order valence-electron chi connectivity index (χ1n) is 6.48. The molecule has 0 atom stereocenters. The van der Waals surface area contributed by atoms with Gasteiger partial charge in [0, 0.05) is 9.35 Å². The molecule has 0 bridgehead atoms. The number of thiophene rings is 1. The molecule has 0 saturated heterocycles. The van der Waals surface area contributed by atoms with E-state index in [0.717, 1.165) is 15.8 Å². The molecule has 0 aliphatic heterocycles. The number of benzene rings is 1. The van der Waals surface area contributed by atoms with Gasteiger partial charge in [0.15, 0.2) is 0 Å². The maximum atomic E-state index is 11.4. The number of carboxylic acids is 1. The first-order valence-corrected chi connectivity index (χ1v) is 8.09. The fourth-order valence-electron chi connectivity index (χ4n) is 2.21. The molecule has 7 heteroatoms. The highest BCUT2D eigenvalue weighted by atomic mass is 79.9. The number of anilines is 2. The highest BCUT2D eigenvalue weighted by molar-refractivity contribution is 9.10. The maximum Gasteiger partial charge on any atom is 0.337 e. The number of halogens is 1. The second-order valence-corrected chi connectivity index (χ2v) is 6.92. The Morgan fingerprint density at radius 3 is 2.82 bits per heavy atom. The third-order valence-corrected chi connectivity index (χ3v) is 5.04. The van der Waals surface area contributed by atoms with Crippen LogP contribution in [0.15, 0.2) is 29.0 Å². The number of rotatable bonds is 3. The molecule has 0 fully saturated rings. The van der Waals surface area contributed by atoms with E-state index in [2.05, 4.69) is 31.2 Å². The zero-order valence-electron chi connectivity index (χ0n) is 11.8. The molecule has 1 aromatic carbocycles. The molecule has 2 heterocycles. The lowest BCUT2D eigenvalue weighted by Crippen LogP contribution is -2.04. The van der Waals surface area contributed by atoms with Gasteiger partial charge >= 0.3 is 5.97 Å². The smallest absolute Gasteiger partial charge is 0.337 e. The van der Waals surface area contributed by atoms with Gasteiger partial charge in [-0.05, 0) is 37.6 Å². The van der Waals surface area contributed by atoms with Gasteiger partial charge in [-0.2, -0.15) is 0 Å².